The normalized spacial score (nSPS) is 17.0. The van der Waals surface area contributed by atoms with Gasteiger partial charge in [-0.25, -0.2) is 4.98 Å². The zero-order valence-corrected chi connectivity index (χ0v) is 15.6. The third-order valence-corrected chi connectivity index (χ3v) is 5.75. The van der Waals surface area contributed by atoms with Gasteiger partial charge in [-0.1, -0.05) is 28.1 Å². The number of nitrogens with one attached hydrogen (secondary N) is 1. The number of rotatable bonds is 3. The summed E-state index contributed by atoms with van der Waals surface area (Å²) in [5.74, 6) is -0.0463. The second kappa shape index (κ2) is 6.71. The number of halogens is 1. The highest BCUT2D eigenvalue weighted by Crippen LogP contribution is 2.34. The minimum atomic E-state index is -0.385. The number of ether oxygens (including phenoxy) is 1. The number of aromatic nitrogens is 1. The van der Waals surface area contributed by atoms with Crippen LogP contribution in [-0.4, -0.2) is 24.1 Å². The van der Waals surface area contributed by atoms with Gasteiger partial charge in [-0.2, -0.15) is 0 Å². The van der Waals surface area contributed by atoms with E-state index in [1.807, 2.05) is 26.0 Å². The van der Waals surface area contributed by atoms with E-state index in [1.165, 1.54) is 11.3 Å². The Labute approximate surface area is 148 Å². The summed E-state index contributed by atoms with van der Waals surface area (Å²) in [4.78, 5) is 17.9. The number of hydrogen-bond acceptors (Lipinski definition) is 4. The van der Waals surface area contributed by atoms with Gasteiger partial charge in [0.05, 0.1) is 16.2 Å². The Kier molecular flexibility index (Phi) is 4.85. The first-order valence-corrected chi connectivity index (χ1v) is 9.21. The Hall–Kier alpha value is -1.24. The maximum absolute atomic E-state index is 12.8. The summed E-state index contributed by atoms with van der Waals surface area (Å²) in [6, 6.07) is 8.15. The molecule has 23 heavy (non-hydrogen) atoms. The summed E-state index contributed by atoms with van der Waals surface area (Å²) < 4.78 is 6.53. The van der Waals surface area contributed by atoms with Gasteiger partial charge in [-0.05, 0) is 44.4 Å². The quantitative estimate of drug-likeness (QED) is 0.856. The second-order valence-electron chi connectivity index (χ2n) is 5.81. The first-order valence-electron chi connectivity index (χ1n) is 7.60. The molecule has 1 aliphatic heterocycles. The van der Waals surface area contributed by atoms with Gasteiger partial charge in [0.1, 0.15) is 4.88 Å². The van der Waals surface area contributed by atoms with E-state index in [2.05, 4.69) is 38.4 Å². The molecule has 0 radical (unpaired) electrons. The molecule has 1 aromatic carbocycles. The third kappa shape index (κ3) is 3.49. The van der Waals surface area contributed by atoms with Crippen LogP contribution < -0.4 is 5.32 Å². The lowest BCUT2D eigenvalue weighted by Crippen LogP contribution is -2.49. The first-order chi connectivity index (χ1) is 11.0. The summed E-state index contributed by atoms with van der Waals surface area (Å²) in [7, 11) is 0. The van der Waals surface area contributed by atoms with Crippen molar-refractivity contribution in [2.24, 2.45) is 0 Å². The van der Waals surface area contributed by atoms with Gasteiger partial charge in [-0.3, -0.25) is 4.79 Å². The molecule has 0 aliphatic carbocycles. The lowest BCUT2D eigenvalue weighted by molar-refractivity contribution is 0.0346. The van der Waals surface area contributed by atoms with Crippen LogP contribution in [0.15, 0.2) is 28.7 Å². The second-order valence-corrected chi connectivity index (χ2v) is 7.93. The smallest absolute Gasteiger partial charge is 0.263 e. The predicted octanol–water partition coefficient (Wildman–Crippen LogP) is 3.96. The number of aryl methyl sites for hydroxylation is 2. The fourth-order valence-electron chi connectivity index (χ4n) is 3.01. The van der Waals surface area contributed by atoms with Crippen molar-refractivity contribution in [2.75, 3.05) is 13.2 Å². The highest BCUT2D eigenvalue weighted by atomic mass is 79.9. The summed E-state index contributed by atoms with van der Waals surface area (Å²) in [5.41, 5.74) is 1.52. The molecular weight excluding hydrogens is 376 g/mol. The minimum Gasteiger partial charge on any atom is -0.381 e. The highest BCUT2D eigenvalue weighted by molar-refractivity contribution is 9.10. The highest BCUT2D eigenvalue weighted by Gasteiger charge is 2.37. The maximum atomic E-state index is 12.8. The molecule has 0 spiro atoms. The van der Waals surface area contributed by atoms with E-state index >= 15 is 0 Å². The van der Waals surface area contributed by atoms with E-state index in [4.69, 9.17) is 4.74 Å². The molecule has 4 nitrogen and oxygen atoms in total. The van der Waals surface area contributed by atoms with Crippen molar-refractivity contribution in [3.8, 4) is 0 Å². The van der Waals surface area contributed by atoms with Gasteiger partial charge in [0.2, 0.25) is 0 Å². The van der Waals surface area contributed by atoms with Crippen molar-refractivity contribution in [2.45, 2.75) is 32.2 Å². The third-order valence-electron chi connectivity index (χ3n) is 4.19. The van der Waals surface area contributed by atoms with E-state index in [9.17, 15) is 4.79 Å². The number of carbonyl (C=O) groups is 1. The molecule has 1 aromatic heterocycles. The Morgan fingerprint density at radius 1 is 1.35 bits per heavy atom. The summed E-state index contributed by atoms with van der Waals surface area (Å²) in [6.45, 7) is 5.10. The molecule has 1 aliphatic rings. The molecule has 1 saturated heterocycles. The number of carbonyl (C=O) groups excluding carboxylic acids is 1. The molecule has 6 heteroatoms. The van der Waals surface area contributed by atoms with Crippen LogP contribution in [0.4, 0.5) is 0 Å². The number of thiazole rings is 1. The summed E-state index contributed by atoms with van der Waals surface area (Å²) in [6.07, 6.45) is 1.54. The fraction of sp³-hybridized carbons (Fsp3) is 0.412. The van der Waals surface area contributed by atoms with Crippen LogP contribution in [0.25, 0.3) is 0 Å². The number of hydrogen-bond donors (Lipinski definition) is 1. The van der Waals surface area contributed by atoms with Gasteiger partial charge in [0.25, 0.3) is 5.91 Å². The van der Waals surface area contributed by atoms with E-state index in [0.717, 1.165) is 33.6 Å². The lowest BCUT2D eigenvalue weighted by atomic mass is 9.82. The van der Waals surface area contributed by atoms with Gasteiger partial charge in [0, 0.05) is 17.7 Å². The standard InChI is InChI=1S/C17H19BrN2O2S/c1-11-15(23-12(2)19-11)16(21)20-17(6-8-22-9-7-17)13-4-3-5-14(18)10-13/h3-5,10H,6-9H2,1-2H3,(H,20,21). The van der Waals surface area contributed by atoms with Crippen molar-refractivity contribution >= 4 is 33.2 Å². The van der Waals surface area contributed by atoms with Gasteiger partial charge in [0.15, 0.2) is 0 Å². The number of benzene rings is 1. The van der Waals surface area contributed by atoms with E-state index in [1.54, 1.807) is 0 Å². The predicted molar refractivity (Wildman–Crippen MR) is 94.9 cm³/mol. The minimum absolute atomic E-state index is 0.0463. The summed E-state index contributed by atoms with van der Waals surface area (Å²) >= 11 is 4.97. The van der Waals surface area contributed by atoms with Crippen molar-refractivity contribution in [3.05, 3.63) is 49.9 Å². The molecule has 122 valence electrons. The average Bonchev–Trinajstić information content (AvgIpc) is 2.87. The molecule has 1 N–H and O–H groups in total. The van der Waals surface area contributed by atoms with Crippen molar-refractivity contribution < 1.29 is 9.53 Å². The SMILES string of the molecule is Cc1nc(C)c(C(=O)NC2(c3cccc(Br)c3)CCOCC2)s1. The molecule has 0 atom stereocenters. The Bertz CT molecular complexity index is 723. The van der Waals surface area contributed by atoms with Crippen LogP contribution in [-0.2, 0) is 10.3 Å². The van der Waals surface area contributed by atoms with E-state index < -0.39 is 0 Å². The Balaban J connectivity index is 1.93. The zero-order valence-electron chi connectivity index (χ0n) is 13.2. The Morgan fingerprint density at radius 2 is 2.09 bits per heavy atom. The van der Waals surface area contributed by atoms with Crippen molar-refractivity contribution in [3.63, 3.8) is 0 Å². The molecule has 1 amide bonds. The number of amides is 1. The topological polar surface area (TPSA) is 51.2 Å². The molecule has 0 unspecified atom stereocenters. The van der Waals surface area contributed by atoms with Crippen LogP contribution in [0, 0.1) is 13.8 Å². The van der Waals surface area contributed by atoms with E-state index in [0.29, 0.717) is 18.1 Å². The molecule has 2 aromatic rings. The largest absolute Gasteiger partial charge is 0.381 e. The monoisotopic (exact) mass is 394 g/mol. The molecule has 0 saturated carbocycles. The number of nitrogens with zero attached hydrogens (tertiary/aromatic N) is 1. The molecule has 0 bridgehead atoms. The Morgan fingerprint density at radius 3 is 2.70 bits per heavy atom. The van der Waals surface area contributed by atoms with Crippen LogP contribution >= 0.6 is 27.3 Å². The van der Waals surface area contributed by atoms with Crippen LogP contribution in [0.3, 0.4) is 0 Å². The zero-order chi connectivity index (χ0) is 16.4. The van der Waals surface area contributed by atoms with Gasteiger partial charge >= 0.3 is 0 Å². The van der Waals surface area contributed by atoms with Crippen LogP contribution in [0.5, 0.6) is 0 Å². The maximum Gasteiger partial charge on any atom is 0.263 e. The molecule has 3 rings (SSSR count). The van der Waals surface area contributed by atoms with Crippen LogP contribution in [0.2, 0.25) is 0 Å². The van der Waals surface area contributed by atoms with Gasteiger partial charge < -0.3 is 10.1 Å². The van der Waals surface area contributed by atoms with Gasteiger partial charge in [-0.15, -0.1) is 11.3 Å². The summed E-state index contributed by atoms with van der Waals surface area (Å²) in [5, 5.41) is 4.19. The van der Waals surface area contributed by atoms with Crippen molar-refractivity contribution in [1.29, 1.82) is 0 Å². The lowest BCUT2D eigenvalue weighted by Gasteiger charge is -2.38. The fourth-order valence-corrected chi connectivity index (χ4v) is 4.22. The molecule has 1 fully saturated rings. The first kappa shape index (κ1) is 16.6. The molecular formula is C17H19BrN2O2S. The average molecular weight is 395 g/mol. The molecule has 2 heterocycles. The van der Waals surface area contributed by atoms with E-state index in [-0.39, 0.29) is 11.4 Å². The van der Waals surface area contributed by atoms with Crippen LogP contribution in [0.1, 0.15) is 38.8 Å². The van der Waals surface area contributed by atoms with Crippen molar-refractivity contribution in [1.82, 2.24) is 10.3 Å².